The number of aromatic nitrogens is 1. The molecule has 1 aromatic heterocycles. The second kappa shape index (κ2) is 12.9. The van der Waals surface area contributed by atoms with Gasteiger partial charge in [-0.05, 0) is 47.2 Å². The minimum Gasteiger partial charge on any atom is -0.426 e. The zero-order chi connectivity index (χ0) is 28.9. The topological polar surface area (TPSA) is 149 Å². The first-order valence-electron chi connectivity index (χ1n) is 13.2. The summed E-state index contributed by atoms with van der Waals surface area (Å²) in [6.45, 7) is 3.76. The van der Waals surface area contributed by atoms with Gasteiger partial charge in [0.1, 0.15) is 4.90 Å². The maximum Gasteiger partial charge on any atom is 0.475 e. The van der Waals surface area contributed by atoms with Crippen molar-refractivity contribution < 1.29 is 28.4 Å². The van der Waals surface area contributed by atoms with Crippen molar-refractivity contribution >= 4 is 44.7 Å². The van der Waals surface area contributed by atoms with Crippen molar-refractivity contribution in [2.45, 2.75) is 56.1 Å². The predicted octanol–water partition coefficient (Wildman–Crippen LogP) is 2.57. The Morgan fingerprint density at radius 1 is 0.950 bits per heavy atom. The van der Waals surface area contributed by atoms with E-state index in [4.69, 9.17) is 0 Å². The van der Waals surface area contributed by atoms with E-state index in [0.717, 1.165) is 16.3 Å². The molecule has 0 spiro atoms. The third-order valence-electron chi connectivity index (χ3n) is 6.80. The number of carbonyl (C=O) groups is 1. The molecule has 0 saturated carbocycles. The van der Waals surface area contributed by atoms with Crippen LogP contribution in [0.3, 0.4) is 0 Å². The molecule has 40 heavy (non-hydrogen) atoms. The molecule has 3 aromatic carbocycles. The van der Waals surface area contributed by atoms with Crippen molar-refractivity contribution in [1.82, 2.24) is 15.0 Å². The zero-order valence-electron chi connectivity index (χ0n) is 22.4. The number of sulfonamides is 1. The van der Waals surface area contributed by atoms with E-state index in [1.807, 2.05) is 56.3 Å². The first kappa shape index (κ1) is 29.6. The number of hydrogen-bond acceptors (Lipinski definition) is 7. The number of fused-ring (bicyclic) bond motifs is 2. The molecule has 0 saturated heterocycles. The van der Waals surface area contributed by atoms with Gasteiger partial charge in [0.15, 0.2) is 0 Å². The van der Waals surface area contributed by atoms with Gasteiger partial charge in [-0.1, -0.05) is 74.5 Å². The lowest BCUT2D eigenvalue weighted by molar-refractivity contribution is -0.123. The molecule has 3 atom stereocenters. The van der Waals surface area contributed by atoms with Gasteiger partial charge in [-0.25, -0.2) is 13.1 Å². The summed E-state index contributed by atoms with van der Waals surface area (Å²) < 4.78 is 30.0. The highest BCUT2D eigenvalue weighted by Crippen LogP contribution is 2.24. The first-order chi connectivity index (χ1) is 19.0. The summed E-state index contributed by atoms with van der Waals surface area (Å²) in [5.74, 6) is -1.47. The average molecular weight is 563 g/mol. The van der Waals surface area contributed by atoms with E-state index in [1.54, 1.807) is 24.3 Å². The second-order valence-corrected chi connectivity index (χ2v) is 12.1. The van der Waals surface area contributed by atoms with Gasteiger partial charge >= 0.3 is 7.12 Å². The Morgan fingerprint density at radius 2 is 1.62 bits per heavy atom. The van der Waals surface area contributed by atoms with E-state index in [9.17, 15) is 28.4 Å². The van der Waals surface area contributed by atoms with Crippen LogP contribution in [0.25, 0.3) is 21.7 Å². The SMILES string of the molecule is CC(C)C[C@H](NC(=O)C[C@H](O)C(Cc1cccc2ccccc12)NS(=O)(=O)c1cccc2cccnc12)B(O)O. The van der Waals surface area contributed by atoms with Gasteiger partial charge in [0, 0.05) is 11.6 Å². The molecular weight excluding hydrogens is 529 g/mol. The zero-order valence-corrected chi connectivity index (χ0v) is 23.3. The number of carbonyl (C=O) groups excluding carboxylic acids is 1. The fourth-order valence-corrected chi connectivity index (χ4v) is 6.33. The molecule has 0 aliphatic carbocycles. The van der Waals surface area contributed by atoms with Gasteiger partial charge in [-0.3, -0.25) is 9.78 Å². The molecule has 0 aliphatic heterocycles. The molecule has 4 aromatic rings. The van der Waals surface area contributed by atoms with Crippen molar-refractivity contribution in [2.75, 3.05) is 0 Å². The highest BCUT2D eigenvalue weighted by Gasteiger charge is 2.31. The number of aliphatic hydroxyl groups is 1. The lowest BCUT2D eigenvalue weighted by Gasteiger charge is -2.26. The van der Waals surface area contributed by atoms with Crippen LogP contribution in [0.2, 0.25) is 0 Å². The third kappa shape index (κ3) is 7.24. The molecule has 4 rings (SSSR count). The number of benzene rings is 3. The molecule has 0 fully saturated rings. The van der Waals surface area contributed by atoms with E-state index in [1.165, 1.54) is 12.3 Å². The molecular formula is C29H34BN3O6S. The van der Waals surface area contributed by atoms with Crippen LogP contribution in [0.4, 0.5) is 0 Å². The molecule has 1 unspecified atom stereocenters. The summed E-state index contributed by atoms with van der Waals surface area (Å²) in [5, 5.41) is 35.7. The number of aliphatic hydroxyl groups excluding tert-OH is 1. The van der Waals surface area contributed by atoms with Crippen LogP contribution in [0, 0.1) is 5.92 Å². The highest BCUT2D eigenvalue weighted by molar-refractivity contribution is 7.89. The van der Waals surface area contributed by atoms with Crippen molar-refractivity contribution in [3.8, 4) is 0 Å². The smallest absolute Gasteiger partial charge is 0.426 e. The first-order valence-corrected chi connectivity index (χ1v) is 14.7. The minimum atomic E-state index is -4.18. The van der Waals surface area contributed by atoms with E-state index in [2.05, 4.69) is 15.0 Å². The number of nitrogens with zero attached hydrogens (tertiary/aromatic N) is 1. The normalized spacial score (nSPS) is 14.2. The van der Waals surface area contributed by atoms with Gasteiger partial charge in [0.25, 0.3) is 0 Å². The Balaban J connectivity index is 1.64. The molecule has 1 amide bonds. The maximum atomic E-state index is 13.7. The van der Waals surface area contributed by atoms with E-state index in [-0.39, 0.29) is 17.2 Å². The van der Waals surface area contributed by atoms with Gasteiger partial charge in [-0.15, -0.1) is 0 Å². The van der Waals surface area contributed by atoms with Crippen LogP contribution in [0.5, 0.6) is 0 Å². The summed E-state index contributed by atoms with van der Waals surface area (Å²) in [4.78, 5) is 17.1. The summed E-state index contributed by atoms with van der Waals surface area (Å²) in [7, 11) is -5.95. The minimum absolute atomic E-state index is 0.0365. The Bertz CT molecular complexity index is 1570. The number of amides is 1. The van der Waals surface area contributed by atoms with Gasteiger partial charge in [0.2, 0.25) is 15.9 Å². The molecule has 5 N–H and O–H groups in total. The van der Waals surface area contributed by atoms with Crippen LogP contribution < -0.4 is 10.0 Å². The number of para-hydroxylation sites is 1. The van der Waals surface area contributed by atoms with E-state index >= 15 is 0 Å². The molecule has 11 heteroatoms. The highest BCUT2D eigenvalue weighted by atomic mass is 32.2. The Morgan fingerprint density at radius 3 is 2.38 bits per heavy atom. The van der Waals surface area contributed by atoms with Crippen LogP contribution in [0.1, 0.15) is 32.3 Å². The molecule has 0 bridgehead atoms. The number of pyridine rings is 1. The van der Waals surface area contributed by atoms with Crippen LogP contribution in [-0.4, -0.2) is 59.7 Å². The standard InChI is InChI=1S/C29H34BN3O6S/c1-19(2)16-27(30(36)37)32-28(35)18-25(34)24(17-22-11-5-9-20-8-3-4-13-23(20)22)33-40(38,39)26-14-6-10-21-12-7-15-31-29(21)26/h3-15,19,24-25,27,33-34,36-37H,16-18H2,1-2H3,(H,32,35)/t24?,25-,27-/m0/s1. The molecule has 0 aliphatic rings. The van der Waals surface area contributed by atoms with Crippen LogP contribution in [-0.2, 0) is 21.2 Å². The van der Waals surface area contributed by atoms with Crippen molar-refractivity contribution in [3.63, 3.8) is 0 Å². The Hall–Kier alpha value is -3.35. The third-order valence-corrected chi connectivity index (χ3v) is 8.32. The molecule has 9 nitrogen and oxygen atoms in total. The van der Waals surface area contributed by atoms with Gasteiger partial charge in [0.05, 0.1) is 30.0 Å². The fourth-order valence-electron chi connectivity index (χ4n) is 4.88. The summed E-state index contributed by atoms with van der Waals surface area (Å²) in [5.41, 5.74) is 1.09. The quantitative estimate of drug-likeness (QED) is 0.166. The monoisotopic (exact) mass is 563 g/mol. The van der Waals surface area contributed by atoms with Crippen LogP contribution in [0.15, 0.2) is 83.9 Å². The lowest BCUT2D eigenvalue weighted by Crippen LogP contribution is -2.50. The Kier molecular flexibility index (Phi) is 9.54. The van der Waals surface area contributed by atoms with Crippen molar-refractivity contribution in [3.05, 3.63) is 84.6 Å². The largest absolute Gasteiger partial charge is 0.475 e. The Labute approximate surface area is 234 Å². The van der Waals surface area contributed by atoms with Gasteiger partial charge in [-0.2, -0.15) is 0 Å². The molecule has 0 radical (unpaired) electrons. The van der Waals surface area contributed by atoms with Crippen molar-refractivity contribution in [1.29, 1.82) is 0 Å². The summed E-state index contributed by atoms with van der Waals surface area (Å²) in [6.07, 6.45) is 0.0575. The summed E-state index contributed by atoms with van der Waals surface area (Å²) in [6, 6.07) is 20.5. The average Bonchev–Trinajstić information content (AvgIpc) is 2.91. The molecule has 210 valence electrons. The maximum absolute atomic E-state index is 13.7. The second-order valence-electron chi connectivity index (χ2n) is 10.4. The lowest BCUT2D eigenvalue weighted by atomic mass is 9.75. The number of nitrogens with one attached hydrogen (secondary N) is 2. The van der Waals surface area contributed by atoms with E-state index in [0.29, 0.717) is 17.3 Å². The summed E-state index contributed by atoms with van der Waals surface area (Å²) >= 11 is 0. The number of hydrogen-bond donors (Lipinski definition) is 5. The number of rotatable bonds is 12. The molecule has 1 heterocycles. The van der Waals surface area contributed by atoms with Gasteiger partial charge < -0.3 is 20.5 Å². The van der Waals surface area contributed by atoms with Crippen molar-refractivity contribution in [2.24, 2.45) is 5.92 Å². The van der Waals surface area contributed by atoms with E-state index < -0.39 is 47.6 Å². The predicted molar refractivity (Wildman–Crippen MR) is 156 cm³/mol. The van der Waals surface area contributed by atoms with Crippen LogP contribution >= 0.6 is 0 Å². The fraction of sp³-hybridized carbons (Fsp3) is 0.310.